The van der Waals surface area contributed by atoms with Crippen LogP contribution in [0.5, 0.6) is 11.5 Å². The third-order valence-electron chi connectivity index (χ3n) is 4.25. The summed E-state index contributed by atoms with van der Waals surface area (Å²) >= 11 is 0. The summed E-state index contributed by atoms with van der Waals surface area (Å²) in [6.45, 7) is 0.411. The second kappa shape index (κ2) is 6.91. The number of sulfone groups is 1. The van der Waals surface area contributed by atoms with Gasteiger partial charge in [-0.1, -0.05) is 0 Å². The van der Waals surface area contributed by atoms with Crippen LogP contribution >= 0.6 is 0 Å². The lowest BCUT2D eigenvalue weighted by molar-refractivity contribution is -0.134. The van der Waals surface area contributed by atoms with Crippen LogP contribution in [0.3, 0.4) is 0 Å². The van der Waals surface area contributed by atoms with Crippen molar-refractivity contribution < 1.29 is 32.2 Å². The monoisotopic (exact) mass is 369 g/mol. The van der Waals surface area contributed by atoms with Gasteiger partial charge in [-0.15, -0.1) is 0 Å². The van der Waals surface area contributed by atoms with Crippen molar-refractivity contribution in [3.05, 3.63) is 23.8 Å². The number of hydrogen-bond acceptors (Lipinski definition) is 7. The molecule has 8 nitrogen and oxygen atoms in total. The molecule has 1 aromatic rings. The highest BCUT2D eigenvalue weighted by Crippen LogP contribution is 2.30. The first-order valence-corrected chi connectivity index (χ1v) is 9.71. The van der Waals surface area contributed by atoms with Gasteiger partial charge in [0.1, 0.15) is 13.2 Å². The van der Waals surface area contributed by atoms with Gasteiger partial charge >= 0.3 is 5.97 Å². The maximum Gasteiger partial charge on any atom is 0.338 e. The Morgan fingerprint density at radius 2 is 1.96 bits per heavy atom. The van der Waals surface area contributed by atoms with E-state index in [2.05, 4.69) is 0 Å². The van der Waals surface area contributed by atoms with Gasteiger partial charge in [-0.3, -0.25) is 4.79 Å². The number of carbonyl (C=O) groups is 2. The van der Waals surface area contributed by atoms with Crippen LogP contribution in [0.1, 0.15) is 16.8 Å². The molecule has 2 aliphatic heterocycles. The predicted molar refractivity (Wildman–Crippen MR) is 87.5 cm³/mol. The minimum absolute atomic E-state index is 0.0503. The lowest BCUT2D eigenvalue weighted by atomic mass is 10.2. The van der Waals surface area contributed by atoms with Gasteiger partial charge in [0, 0.05) is 13.1 Å². The Morgan fingerprint density at radius 3 is 2.64 bits per heavy atom. The number of ether oxygens (including phenoxy) is 3. The number of fused-ring (bicyclic) bond motifs is 1. The van der Waals surface area contributed by atoms with E-state index in [1.54, 1.807) is 6.07 Å². The zero-order chi connectivity index (χ0) is 18.0. The highest BCUT2D eigenvalue weighted by molar-refractivity contribution is 7.91. The van der Waals surface area contributed by atoms with Crippen LogP contribution in [0.25, 0.3) is 0 Å². The molecule has 2 heterocycles. The molecule has 0 aromatic heterocycles. The van der Waals surface area contributed by atoms with Crippen LogP contribution < -0.4 is 9.47 Å². The van der Waals surface area contributed by atoms with E-state index in [-0.39, 0.29) is 23.1 Å². The van der Waals surface area contributed by atoms with Gasteiger partial charge in [-0.25, -0.2) is 13.2 Å². The van der Waals surface area contributed by atoms with Gasteiger partial charge in [0.2, 0.25) is 0 Å². The molecule has 0 saturated carbocycles. The average Bonchev–Trinajstić information content (AvgIpc) is 2.98. The summed E-state index contributed by atoms with van der Waals surface area (Å²) in [4.78, 5) is 25.6. The van der Waals surface area contributed by atoms with Gasteiger partial charge in [-0.05, 0) is 24.6 Å². The predicted octanol–water partition coefficient (Wildman–Crippen LogP) is 0.260. The zero-order valence-corrected chi connectivity index (χ0v) is 14.6. The standard InChI is InChI=1S/C16H19NO7S/c1-17(12-4-7-25(20,21)10-12)15(18)9-24-16(19)11-2-3-13-14(8-11)23-6-5-22-13/h2-3,8,12H,4-7,9-10H2,1H3. The van der Waals surface area contributed by atoms with Crippen LogP contribution in [-0.2, 0) is 19.4 Å². The fourth-order valence-electron chi connectivity index (χ4n) is 2.77. The summed E-state index contributed by atoms with van der Waals surface area (Å²) in [6, 6.07) is 4.29. The summed E-state index contributed by atoms with van der Waals surface area (Å²) in [5.74, 6) is -0.0513. The first-order valence-electron chi connectivity index (χ1n) is 7.88. The minimum atomic E-state index is -3.08. The molecule has 0 spiro atoms. The molecular weight excluding hydrogens is 350 g/mol. The van der Waals surface area contributed by atoms with Crippen LogP contribution in [0, 0.1) is 0 Å². The molecule has 1 amide bonds. The molecule has 136 valence electrons. The number of likely N-dealkylation sites (N-methyl/N-ethyl adjacent to an activating group) is 1. The van der Waals surface area contributed by atoms with Crippen molar-refractivity contribution in [2.24, 2.45) is 0 Å². The Kier molecular flexibility index (Phi) is 4.85. The van der Waals surface area contributed by atoms with Gasteiger partial charge in [0.15, 0.2) is 27.9 Å². The second-order valence-corrected chi connectivity index (χ2v) is 8.22. The normalized spacial score (nSPS) is 20.8. The summed E-state index contributed by atoms with van der Waals surface area (Å²) in [5.41, 5.74) is 0.253. The number of rotatable bonds is 4. The second-order valence-electron chi connectivity index (χ2n) is 6.00. The Labute approximate surface area is 145 Å². The van der Waals surface area contributed by atoms with Gasteiger partial charge in [0.25, 0.3) is 5.91 Å². The molecule has 1 atom stereocenters. The van der Waals surface area contributed by atoms with E-state index in [0.717, 1.165) is 0 Å². The van der Waals surface area contributed by atoms with Gasteiger partial charge in [-0.2, -0.15) is 0 Å². The van der Waals surface area contributed by atoms with E-state index in [9.17, 15) is 18.0 Å². The van der Waals surface area contributed by atoms with Crippen molar-refractivity contribution >= 4 is 21.7 Å². The van der Waals surface area contributed by atoms with Gasteiger partial charge in [0.05, 0.1) is 17.1 Å². The SMILES string of the molecule is CN(C(=O)COC(=O)c1ccc2c(c1)OCCO2)C1CCS(=O)(=O)C1. The summed E-state index contributed by atoms with van der Waals surface area (Å²) in [7, 11) is -1.56. The van der Waals surface area contributed by atoms with Crippen LogP contribution in [0.4, 0.5) is 0 Å². The van der Waals surface area contributed by atoms with E-state index in [1.165, 1.54) is 24.1 Å². The third-order valence-corrected chi connectivity index (χ3v) is 6.00. The summed E-state index contributed by atoms with van der Waals surface area (Å²) in [5, 5.41) is 0. The average molecular weight is 369 g/mol. The Hall–Kier alpha value is -2.29. The topological polar surface area (TPSA) is 99.2 Å². The first-order chi connectivity index (χ1) is 11.9. The molecular formula is C16H19NO7S. The number of hydrogen-bond donors (Lipinski definition) is 0. The van der Waals surface area contributed by atoms with Crippen molar-refractivity contribution in [3.63, 3.8) is 0 Å². The molecule has 3 rings (SSSR count). The number of amides is 1. The van der Waals surface area contributed by atoms with E-state index >= 15 is 0 Å². The van der Waals surface area contributed by atoms with Crippen molar-refractivity contribution in [2.75, 3.05) is 38.4 Å². The van der Waals surface area contributed by atoms with Crippen molar-refractivity contribution in [3.8, 4) is 11.5 Å². The van der Waals surface area contributed by atoms with Crippen molar-refractivity contribution in [1.82, 2.24) is 4.90 Å². The molecule has 0 N–H and O–H groups in total. The molecule has 1 saturated heterocycles. The molecule has 2 aliphatic rings. The smallest absolute Gasteiger partial charge is 0.338 e. The van der Waals surface area contributed by atoms with E-state index in [4.69, 9.17) is 14.2 Å². The minimum Gasteiger partial charge on any atom is -0.486 e. The Balaban J connectivity index is 1.56. The molecule has 1 aromatic carbocycles. The van der Waals surface area contributed by atoms with Gasteiger partial charge < -0.3 is 19.1 Å². The lowest BCUT2D eigenvalue weighted by Crippen LogP contribution is -2.40. The summed E-state index contributed by atoms with van der Waals surface area (Å²) < 4.78 is 38.8. The Bertz CT molecular complexity index is 790. The number of nitrogens with zero attached hydrogens (tertiary/aromatic N) is 1. The molecule has 1 fully saturated rings. The summed E-state index contributed by atoms with van der Waals surface area (Å²) in [6.07, 6.45) is 0.403. The molecule has 0 aliphatic carbocycles. The van der Waals surface area contributed by atoms with E-state index < -0.39 is 28.3 Å². The maximum atomic E-state index is 12.1. The molecule has 0 bridgehead atoms. The Morgan fingerprint density at radius 1 is 1.24 bits per heavy atom. The van der Waals surface area contributed by atoms with Crippen LogP contribution in [0.15, 0.2) is 18.2 Å². The fourth-order valence-corrected chi connectivity index (χ4v) is 4.54. The number of esters is 1. The number of benzene rings is 1. The van der Waals surface area contributed by atoms with Crippen LogP contribution in [0.2, 0.25) is 0 Å². The highest BCUT2D eigenvalue weighted by atomic mass is 32.2. The first kappa shape index (κ1) is 17.5. The maximum absolute atomic E-state index is 12.1. The molecule has 1 unspecified atom stereocenters. The lowest BCUT2D eigenvalue weighted by Gasteiger charge is -2.23. The fraction of sp³-hybridized carbons (Fsp3) is 0.500. The van der Waals surface area contributed by atoms with E-state index in [0.29, 0.717) is 31.1 Å². The third kappa shape index (κ3) is 4.04. The quantitative estimate of drug-likeness (QED) is 0.702. The van der Waals surface area contributed by atoms with Crippen LogP contribution in [-0.4, -0.2) is 69.6 Å². The molecule has 25 heavy (non-hydrogen) atoms. The highest BCUT2D eigenvalue weighted by Gasteiger charge is 2.33. The zero-order valence-electron chi connectivity index (χ0n) is 13.8. The number of carbonyl (C=O) groups excluding carboxylic acids is 2. The largest absolute Gasteiger partial charge is 0.486 e. The van der Waals surface area contributed by atoms with Crippen molar-refractivity contribution in [1.29, 1.82) is 0 Å². The molecule has 9 heteroatoms. The van der Waals surface area contributed by atoms with Crippen molar-refractivity contribution in [2.45, 2.75) is 12.5 Å². The van der Waals surface area contributed by atoms with E-state index in [1.807, 2.05) is 0 Å². The molecule has 0 radical (unpaired) electrons.